The number of rotatable bonds is 3. The van der Waals surface area contributed by atoms with Crippen molar-refractivity contribution >= 4 is 32.2 Å². The van der Waals surface area contributed by atoms with Crippen LogP contribution in [0.15, 0.2) is 4.90 Å². The summed E-state index contributed by atoms with van der Waals surface area (Å²) < 4.78 is 29.0. The summed E-state index contributed by atoms with van der Waals surface area (Å²) in [5.74, 6) is 0.172. The van der Waals surface area contributed by atoms with Gasteiger partial charge in [-0.15, -0.1) is 0 Å². The average Bonchev–Trinajstić information content (AvgIpc) is 3.14. The van der Waals surface area contributed by atoms with Gasteiger partial charge in [0.1, 0.15) is 9.90 Å². The molecule has 0 radical (unpaired) electrons. The first-order chi connectivity index (χ1) is 9.00. The van der Waals surface area contributed by atoms with Crippen LogP contribution in [0, 0.1) is 0 Å². The van der Waals surface area contributed by atoms with Crippen molar-refractivity contribution in [1.29, 1.82) is 0 Å². The van der Waals surface area contributed by atoms with Gasteiger partial charge in [0.05, 0.1) is 5.25 Å². The number of likely N-dealkylation sites (N-methyl/N-ethyl adjacent to an activating group) is 1. The number of nitrogen functional groups attached to an aromatic ring is 1. The second-order valence-corrected chi connectivity index (χ2v) is 8.15. The second kappa shape index (κ2) is 4.60. The lowest BCUT2D eigenvalue weighted by Gasteiger charge is -2.33. The smallest absolute Gasteiger partial charge is 0.187 e. The van der Waals surface area contributed by atoms with Crippen LogP contribution in [0.1, 0.15) is 12.8 Å². The van der Waals surface area contributed by atoms with Gasteiger partial charge in [-0.2, -0.15) is 4.37 Å². The fourth-order valence-corrected chi connectivity index (χ4v) is 5.39. The van der Waals surface area contributed by atoms with Crippen LogP contribution in [0.25, 0.3) is 0 Å². The fraction of sp³-hybridized carbons (Fsp3) is 0.727. The van der Waals surface area contributed by atoms with Crippen molar-refractivity contribution in [2.45, 2.75) is 23.0 Å². The summed E-state index contributed by atoms with van der Waals surface area (Å²) in [7, 11) is -1.21. The van der Waals surface area contributed by atoms with E-state index in [1.807, 2.05) is 0 Å². The zero-order valence-corrected chi connectivity index (χ0v) is 12.5. The summed E-state index contributed by atoms with van der Waals surface area (Å²) in [6.45, 7) is 3.51. The molecule has 1 aromatic rings. The predicted octanol–water partition coefficient (Wildman–Crippen LogP) is 0.413. The highest BCUT2D eigenvalue weighted by Gasteiger charge is 2.41. The number of piperazine rings is 1. The van der Waals surface area contributed by atoms with Gasteiger partial charge in [-0.05, 0) is 31.4 Å². The van der Waals surface area contributed by atoms with Gasteiger partial charge in [0.25, 0.3) is 0 Å². The molecule has 8 heteroatoms. The highest BCUT2D eigenvalue weighted by atomic mass is 32.2. The van der Waals surface area contributed by atoms with Gasteiger partial charge in [-0.25, -0.2) is 8.42 Å². The van der Waals surface area contributed by atoms with E-state index in [1.165, 1.54) is 11.5 Å². The van der Waals surface area contributed by atoms with Crippen LogP contribution in [0.5, 0.6) is 0 Å². The molecule has 3 rings (SSSR count). The lowest BCUT2D eigenvalue weighted by atomic mass is 10.3. The molecule has 19 heavy (non-hydrogen) atoms. The highest BCUT2D eigenvalue weighted by molar-refractivity contribution is 7.92. The molecule has 0 aromatic carbocycles. The van der Waals surface area contributed by atoms with E-state index in [0.29, 0.717) is 0 Å². The third-order valence-electron chi connectivity index (χ3n) is 3.70. The first-order valence-corrected chi connectivity index (χ1v) is 8.74. The number of nitrogens with two attached hydrogens (primary N) is 1. The van der Waals surface area contributed by atoms with E-state index in [1.54, 1.807) is 0 Å². The summed E-state index contributed by atoms with van der Waals surface area (Å²) in [5.41, 5.74) is 5.81. The topological polar surface area (TPSA) is 79.5 Å². The summed E-state index contributed by atoms with van der Waals surface area (Å²) in [5, 5.41) is 0.495. The lowest BCUT2D eigenvalue weighted by Crippen LogP contribution is -2.44. The van der Waals surface area contributed by atoms with Crippen LogP contribution in [0.2, 0.25) is 0 Å². The van der Waals surface area contributed by atoms with E-state index in [-0.39, 0.29) is 16.0 Å². The third-order valence-corrected chi connectivity index (χ3v) is 7.07. The number of hydrogen-bond acceptors (Lipinski definition) is 7. The van der Waals surface area contributed by atoms with E-state index in [9.17, 15) is 8.42 Å². The molecule has 106 valence electrons. The zero-order chi connectivity index (χ0) is 13.6. The van der Waals surface area contributed by atoms with E-state index < -0.39 is 9.84 Å². The molecular weight excluding hydrogens is 284 g/mol. The van der Waals surface area contributed by atoms with Crippen molar-refractivity contribution in [3.63, 3.8) is 0 Å². The van der Waals surface area contributed by atoms with Crippen LogP contribution in [-0.2, 0) is 9.84 Å². The van der Waals surface area contributed by atoms with Gasteiger partial charge >= 0.3 is 0 Å². The Kier molecular flexibility index (Phi) is 3.18. The molecule has 1 aliphatic heterocycles. The minimum Gasteiger partial charge on any atom is -0.382 e. The molecule has 0 unspecified atom stereocenters. The van der Waals surface area contributed by atoms with Crippen molar-refractivity contribution in [3.05, 3.63) is 0 Å². The van der Waals surface area contributed by atoms with Crippen LogP contribution in [-0.4, -0.2) is 56.2 Å². The molecule has 1 saturated carbocycles. The fourth-order valence-electron chi connectivity index (χ4n) is 2.31. The largest absolute Gasteiger partial charge is 0.382 e. The molecule has 2 fully saturated rings. The SMILES string of the molecule is CN1CCN(c2snc(N)c2S(=O)(=O)C2CC2)CC1. The van der Waals surface area contributed by atoms with E-state index in [4.69, 9.17) is 5.73 Å². The molecule has 2 N–H and O–H groups in total. The van der Waals surface area contributed by atoms with Crippen molar-refractivity contribution in [1.82, 2.24) is 9.27 Å². The summed E-state index contributed by atoms with van der Waals surface area (Å²) in [4.78, 5) is 4.61. The normalized spacial score (nSPS) is 21.8. The Morgan fingerprint density at radius 2 is 1.89 bits per heavy atom. The van der Waals surface area contributed by atoms with E-state index in [2.05, 4.69) is 21.2 Å². The molecule has 2 aliphatic rings. The minimum absolute atomic E-state index is 0.172. The standard InChI is InChI=1S/C11H18N4O2S2/c1-14-4-6-15(7-5-14)11-9(10(12)13-18-11)19(16,17)8-2-3-8/h8H,2-7H2,1H3,(H2,12,13). The maximum atomic E-state index is 12.5. The molecule has 2 heterocycles. The minimum atomic E-state index is -3.28. The molecule has 1 aliphatic carbocycles. The van der Waals surface area contributed by atoms with Gasteiger partial charge < -0.3 is 15.5 Å². The molecule has 0 atom stereocenters. The summed E-state index contributed by atoms with van der Waals surface area (Å²) >= 11 is 1.21. The van der Waals surface area contributed by atoms with Gasteiger partial charge in [-0.3, -0.25) is 0 Å². The van der Waals surface area contributed by atoms with Crippen LogP contribution < -0.4 is 10.6 Å². The number of anilines is 2. The molecular formula is C11H18N4O2S2. The Balaban J connectivity index is 1.95. The van der Waals surface area contributed by atoms with Crippen LogP contribution in [0.3, 0.4) is 0 Å². The van der Waals surface area contributed by atoms with E-state index >= 15 is 0 Å². The molecule has 0 spiro atoms. The quantitative estimate of drug-likeness (QED) is 0.871. The van der Waals surface area contributed by atoms with Gasteiger partial charge in [0, 0.05) is 26.2 Å². The first-order valence-electron chi connectivity index (χ1n) is 6.42. The van der Waals surface area contributed by atoms with Crippen LogP contribution >= 0.6 is 11.5 Å². The van der Waals surface area contributed by atoms with Gasteiger partial charge in [-0.1, -0.05) is 0 Å². The Bertz CT molecular complexity index is 572. The Labute approximate surface area is 117 Å². The number of sulfone groups is 1. The third kappa shape index (κ3) is 2.32. The Morgan fingerprint density at radius 1 is 1.26 bits per heavy atom. The first kappa shape index (κ1) is 13.1. The van der Waals surface area contributed by atoms with Crippen molar-refractivity contribution in [2.24, 2.45) is 0 Å². The summed E-state index contributed by atoms with van der Waals surface area (Å²) in [6, 6.07) is 0. The van der Waals surface area contributed by atoms with Crippen molar-refractivity contribution in [3.8, 4) is 0 Å². The Morgan fingerprint density at radius 3 is 2.47 bits per heavy atom. The molecule has 0 amide bonds. The van der Waals surface area contributed by atoms with Crippen molar-refractivity contribution < 1.29 is 8.42 Å². The average molecular weight is 302 g/mol. The van der Waals surface area contributed by atoms with E-state index in [0.717, 1.165) is 44.0 Å². The maximum absolute atomic E-state index is 12.5. The monoisotopic (exact) mass is 302 g/mol. The van der Waals surface area contributed by atoms with Crippen LogP contribution in [0.4, 0.5) is 10.8 Å². The highest BCUT2D eigenvalue weighted by Crippen LogP contribution is 2.42. The zero-order valence-electron chi connectivity index (χ0n) is 10.9. The number of hydrogen-bond donors (Lipinski definition) is 1. The van der Waals surface area contributed by atoms with Gasteiger partial charge in [0.2, 0.25) is 0 Å². The molecule has 0 bridgehead atoms. The number of aromatic nitrogens is 1. The summed E-state index contributed by atoms with van der Waals surface area (Å²) in [6.07, 6.45) is 1.50. The maximum Gasteiger partial charge on any atom is 0.187 e. The molecule has 1 saturated heterocycles. The predicted molar refractivity (Wildman–Crippen MR) is 76.4 cm³/mol. The van der Waals surface area contributed by atoms with Gasteiger partial charge in [0.15, 0.2) is 15.7 Å². The van der Waals surface area contributed by atoms with Crippen molar-refractivity contribution in [2.75, 3.05) is 43.9 Å². The molecule has 1 aromatic heterocycles. The second-order valence-electron chi connectivity index (χ2n) is 5.24. The Hall–Kier alpha value is -0.860. The molecule has 6 nitrogen and oxygen atoms in total. The number of nitrogens with zero attached hydrogens (tertiary/aromatic N) is 3. The lowest BCUT2D eigenvalue weighted by molar-refractivity contribution is 0.313.